The zero-order valence-corrected chi connectivity index (χ0v) is 20.0. The maximum atomic E-state index is 13.8. The molecule has 0 spiro atoms. The summed E-state index contributed by atoms with van der Waals surface area (Å²) in [6.07, 6.45) is -3.99. The fourth-order valence-corrected chi connectivity index (χ4v) is 4.22. The quantitative estimate of drug-likeness (QED) is 0.516. The van der Waals surface area contributed by atoms with E-state index in [-0.39, 0.29) is 5.70 Å². The summed E-state index contributed by atoms with van der Waals surface area (Å²) in [6.45, 7) is 4.33. The molecule has 0 fully saturated rings. The molecule has 0 saturated carbocycles. The average Bonchev–Trinajstić information content (AvgIpc) is 2.83. The van der Waals surface area contributed by atoms with Crippen molar-refractivity contribution in [3.8, 4) is 0 Å². The van der Waals surface area contributed by atoms with Gasteiger partial charge >= 0.3 is 6.18 Å². The van der Waals surface area contributed by atoms with Crippen LogP contribution in [0.2, 0.25) is 0 Å². The first-order chi connectivity index (χ1) is 17.0. The van der Waals surface area contributed by atoms with Gasteiger partial charge in [0.1, 0.15) is 12.1 Å². The summed E-state index contributed by atoms with van der Waals surface area (Å²) in [5.41, 5.74) is 0.730. The van der Waals surface area contributed by atoms with Crippen LogP contribution in [0.1, 0.15) is 31.9 Å². The molecular weight excluding hydrogens is 475 g/mol. The van der Waals surface area contributed by atoms with Gasteiger partial charge in [0, 0.05) is 25.1 Å². The summed E-state index contributed by atoms with van der Waals surface area (Å²) in [6, 6.07) is 12.9. The second-order valence-corrected chi connectivity index (χ2v) is 8.70. The predicted octanol–water partition coefficient (Wildman–Crippen LogP) is 3.82. The summed E-state index contributed by atoms with van der Waals surface area (Å²) in [5.74, 6) is -4.35. The molecule has 0 N–H and O–H groups in total. The van der Waals surface area contributed by atoms with Crippen LogP contribution in [0.3, 0.4) is 0 Å². The van der Waals surface area contributed by atoms with E-state index in [1.54, 1.807) is 62.4 Å². The van der Waals surface area contributed by atoms with Crippen molar-refractivity contribution in [3.05, 3.63) is 78.0 Å². The van der Waals surface area contributed by atoms with E-state index >= 15 is 0 Å². The van der Waals surface area contributed by atoms with Gasteiger partial charge in [0.05, 0.1) is 5.70 Å². The zero-order chi connectivity index (χ0) is 26.6. The van der Waals surface area contributed by atoms with Crippen LogP contribution in [0.5, 0.6) is 0 Å². The molecule has 0 aliphatic carbocycles. The van der Waals surface area contributed by atoms with E-state index in [9.17, 15) is 32.3 Å². The molecule has 0 bridgehead atoms. The Bertz CT molecular complexity index is 1150. The van der Waals surface area contributed by atoms with Crippen LogP contribution in [0, 0.1) is 5.92 Å². The molecule has 2 aromatic rings. The molecule has 190 valence electrons. The van der Waals surface area contributed by atoms with Crippen molar-refractivity contribution in [3.63, 3.8) is 0 Å². The Kier molecular flexibility index (Phi) is 7.96. The molecule has 3 rings (SSSR count). The van der Waals surface area contributed by atoms with Crippen molar-refractivity contribution in [1.29, 1.82) is 0 Å². The Balaban J connectivity index is 2.25. The number of ketones is 1. The smallest absolute Gasteiger partial charge is 0.307 e. The minimum atomic E-state index is -5.27. The summed E-state index contributed by atoms with van der Waals surface area (Å²) in [4.78, 5) is 52.4. The monoisotopic (exact) mass is 501 g/mol. The molecule has 1 aliphatic rings. The lowest BCUT2D eigenvalue weighted by atomic mass is 9.97. The van der Waals surface area contributed by atoms with Crippen molar-refractivity contribution >= 4 is 29.7 Å². The zero-order valence-electron chi connectivity index (χ0n) is 20.0. The van der Waals surface area contributed by atoms with Crippen LogP contribution < -0.4 is 0 Å². The lowest BCUT2D eigenvalue weighted by Gasteiger charge is -2.46. The van der Waals surface area contributed by atoms with E-state index in [4.69, 9.17) is 0 Å². The molecule has 0 aromatic heterocycles. The van der Waals surface area contributed by atoms with E-state index in [1.165, 1.54) is 18.3 Å². The number of amides is 3. The van der Waals surface area contributed by atoms with E-state index in [0.29, 0.717) is 22.5 Å². The number of hydrogen-bond acceptors (Lipinski definition) is 4. The van der Waals surface area contributed by atoms with Gasteiger partial charge in [0.15, 0.2) is 0 Å². The topological polar surface area (TPSA) is 78.0 Å². The number of hydrazine groups is 1. The fourth-order valence-electron chi connectivity index (χ4n) is 4.22. The first kappa shape index (κ1) is 26.7. The van der Waals surface area contributed by atoms with Crippen molar-refractivity contribution in [1.82, 2.24) is 14.9 Å². The van der Waals surface area contributed by atoms with Crippen LogP contribution in [0.4, 0.5) is 13.2 Å². The number of carbonyl (C=O) groups is 4. The molecule has 2 unspecified atom stereocenters. The number of carbonyl (C=O) groups excluding carboxylic acids is 4. The highest BCUT2D eigenvalue weighted by Gasteiger charge is 2.51. The number of Topliss-reactive ketones (excluding diaryl/α,β-unsaturated/α-hetero) is 1. The Morgan fingerprint density at radius 1 is 1.03 bits per heavy atom. The molecule has 1 aliphatic heterocycles. The Morgan fingerprint density at radius 2 is 1.58 bits per heavy atom. The Morgan fingerprint density at radius 3 is 2.06 bits per heavy atom. The lowest BCUT2D eigenvalue weighted by Crippen LogP contribution is -2.63. The SMILES string of the molecule is CC(=O)N(C(Cc1ccccc1)C(=O)C(F)(F)F)N1C(=O)C(C(C)C)N(C=O)C=C1c1ccccc1. The number of alkyl halides is 3. The third-order valence-electron chi connectivity index (χ3n) is 5.79. The molecule has 2 atom stereocenters. The molecule has 3 amide bonds. The minimum Gasteiger partial charge on any atom is -0.307 e. The summed E-state index contributed by atoms with van der Waals surface area (Å²) in [5, 5.41) is 1.39. The van der Waals surface area contributed by atoms with Crippen LogP contribution in [-0.4, -0.2) is 57.2 Å². The summed E-state index contributed by atoms with van der Waals surface area (Å²) < 4.78 is 41.3. The lowest BCUT2D eigenvalue weighted by molar-refractivity contribution is -0.187. The van der Waals surface area contributed by atoms with Gasteiger partial charge in [0.25, 0.3) is 11.7 Å². The number of hydrogen-bond donors (Lipinski definition) is 0. The Labute approximate surface area is 206 Å². The molecule has 36 heavy (non-hydrogen) atoms. The van der Waals surface area contributed by atoms with Crippen LogP contribution in [-0.2, 0) is 25.6 Å². The molecule has 1 heterocycles. The maximum absolute atomic E-state index is 13.8. The molecule has 10 heteroatoms. The van der Waals surface area contributed by atoms with E-state index in [2.05, 4.69) is 0 Å². The van der Waals surface area contributed by atoms with Crippen LogP contribution in [0.15, 0.2) is 66.9 Å². The van der Waals surface area contributed by atoms with Gasteiger partial charge < -0.3 is 4.90 Å². The second-order valence-electron chi connectivity index (χ2n) is 8.70. The molecular formula is C26H26F3N3O4. The summed E-state index contributed by atoms with van der Waals surface area (Å²) >= 11 is 0. The highest BCUT2D eigenvalue weighted by atomic mass is 19.4. The van der Waals surface area contributed by atoms with Gasteiger partial charge in [-0.15, -0.1) is 0 Å². The maximum Gasteiger partial charge on any atom is 0.452 e. The normalized spacial score (nSPS) is 17.0. The highest BCUT2D eigenvalue weighted by Crippen LogP contribution is 2.34. The predicted molar refractivity (Wildman–Crippen MR) is 125 cm³/mol. The first-order valence-electron chi connectivity index (χ1n) is 11.3. The van der Waals surface area contributed by atoms with Gasteiger partial charge in [-0.05, 0) is 11.5 Å². The number of rotatable bonds is 8. The number of halogens is 3. The van der Waals surface area contributed by atoms with E-state index in [1.807, 2.05) is 0 Å². The highest BCUT2D eigenvalue weighted by molar-refractivity contribution is 5.99. The van der Waals surface area contributed by atoms with Gasteiger partial charge in [0.2, 0.25) is 12.3 Å². The van der Waals surface area contributed by atoms with Crippen molar-refractivity contribution in [2.24, 2.45) is 5.92 Å². The van der Waals surface area contributed by atoms with Crippen LogP contribution in [0.25, 0.3) is 5.70 Å². The van der Waals surface area contributed by atoms with Gasteiger partial charge in [-0.25, -0.2) is 10.0 Å². The van der Waals surface area contributed by atoms with Gasteiger partial charge in [-0.3, -0.25) is 19.2 Å². The van der Waals surface area contributed by atoms with Crippen molar-refractivity contribution < 1.29 is 32.3 Å². The Hall–Kier alpha value is -3.95. The number of benzene rings is 2. The van der Waals surface area contributed by atoms with Crippen molar-refractivity contribution in [2.75, 3.05) is 0 Å². The average molecular weight is 502 g/mol. The number of nitrogens with zero attached hydrogens (tertiary/aromatic N) is 3. The largest absolute Gasteiger partial charge is 0.452 e. The molecule has 7 nitrogen and oxygen atoms in total. The molecule has 0 radical (unpaired) electrons. The summed E-state index contributed by atoms with van der Waals surface area (Å²) in [7, 11) is 0. The van der Waals surface area contributed by atoms with E-state index in [0.717, 1.165) is 16.8 Å². The molecule has 2 aromatic carbocycles. The van der Waals surface area contributed by atoms with Gasteiger partial charge in [-0.1, -0.05) is 74.5 Å². The third kappa shape index (κ3) is 5.48. The fraction of sp³-hybridized carbons (Fsp3) is 0.308. The minimum absolute atomic E-state index is 0.00663. The van der Waals surface area contributed by atoms with Crippen molar-refractivity contribution in [2.45, 2.75) is 45.5 Å². The van der Waals surface area contributed by atoms with Gasteiger partial charge in [-0.2, -0.15) is 13.2 Å². The molecule has 0 saturated heterocycles. The first-order valence-corrected chi connectivity index (χ1v) is 11.3. The standard InChI is InChI=1S/C26H26F3N3O4/c1-17(2)23-25(36)32(22(15-30(23)16-33)20-12-8-5-9-13-20)31(18(3)34)21(24(35)26(27,28)29)14-19-10-6-4-7-11-19/h4-13,15-17,21,23H,14H2,1-3H3. The second kappa shape index (κ2) is 10.8. The third-order valence-corrected chi connectivity index (χ3v) is 5.79. The van der Waals surface area contributed by atoms with Crippen LogP contribution >= 0.6 is 0 Å². The van der Waals surface area contributed by atoms with E-state index < -0.39 is 48.2 Å².